The van der Waals surface area contributed by atoms with Gasteiger partial charge in [0.1, 0.15) is 6.04 Å². The van der Waals surface area contributed by atoms with E-state index in [1.165, 1.54) is 0 Å². The molecule has 0 saturated carbocycles. The summed E-state index contributed by atoms with van der Waals surface area (Å²) in [4.78, 5) is 27.2. The standard InChI is InChI=1S/C23H30N2O2/c1-4-5-15-24-23(27)19(3)25(17-21-9-7-6-8-10-21)22(26)16-20-13-11-18(2)12-14-20/h6-14,19H,4-5,15-17H2,1-3H3,(H,24,27)/t19-/m0/s1. The Morgan fingerprint density at radius 2 is 1.67 bits per heavy atom. The van der Waals surface area contributed by atoms with Crippen LogP contribution in [0.15, 0.2) is 54.6 Å². The van der Waals surface area contributed by atoms with Crippen LogP contribution >= 0.6 is 0 Å². The molecule has 0 aliphatic rings. The first-order chi connectivity index (χ1) is 13.0. The molecule has 27 heavy (non-hydrogen) atoms. The van der Waals surface area contributed by atoms with Gasteiger partial charge in [-0.05, 0) is 31.4 Å². The summed E-state index contributed by atoms with van der Waals surface area (Å²) in [5, 5.41) is 2.94. The summed E-state index contributed by atoms with van der Waals surface area (Å²) in [5.41, 5.74) is 3.14. The van der Waals surface area contributed by atoms with Gasteiger partial charge in [0.2, 0.25) is 11.8 Å². The Hall–Kier alpha value is -2.62. The Balaban J connectivity index is 2.13. The van der Waals surface area contributed by atoms with E-state index in [9.17, 15) is 9.59 Å². The third-order valence-electron chi connectivity index (χ3n) is 4.67. The molecule has 0 spiro atoms. The lowest BCUT2D eigenvalue weighted by Crippen LogP contribution is -2.48. The lowest BCUT2D eigenvalue weighted by Gasteiger charge is -2.29. The molecular formula is C23H30N2O2. The molecule has 144 valence electrons. The number of nitrogens with zero attached hydrogens (tertiary/aromatic N) is 1. The normalized spacial score (nSPS) is 11.7. The van der Waals surface area contributed by atoms with Crippen molar-refractivity contribution < 1.29 is 9.59 Å². The van der Waals surface area contributed by atoms with Gasteiger partial charge in [-0.3, -0.25) is 9.59 Å². The Morgan fingerprint density at radius 1 is 1.00 bits per heavy atom. The van der Waals surface area contributed by atoms with E-state index < -0.39 is 6.04 Å². The van der Waals surface area contributed by atoms with Crippen molar-refractivity contribution in [3.05, 3.63) is 71.3 Å². The first kappa shape index (κ1) is 20.7. The van der Waals surface area contributed by atoms with Crippen LogP contribution in [-0.2, 0) is 22.6 Å². The highest BCUT2D eigenvalue weighted by molar-refractivity contribution is 5.88. The van der Waals surface area contributed by atoms with Crippen molar-refractivity contribution in [2.45, 2.75) is 52.6 Å². The Bertz CT molecular complexity index is 726. The predicted molar refractivity (Wildman–Crippen MR) is 109 cm³/mol. The van der Waals surface area contributed by atoms with Crippen LogP contribution in [0.2, 0.25) is 0 Å². The molecule has 0 saturated heterocycles. The fourth-order valence-electron chi connectivity index (χ4n) is 2.88. The number of hydrogen-bond donors (Lipinski definition) is 1. The van der Waals surface area contributed by atoms with Gasteiger partial charge in [0, 0.05) is 13.1 Å². The van der Waals surface area contributed by atoms with Crippen molar-refractivity contribution in [1.29, 1.82) is 0 Å². The van der Waals surface area contributed by atoms with Crippen LogP contribution in [-0.4, -0.2) is 29.3 Å². The molecule has 0 aliphatic carbocycles. The molecule has 0 unspecified atom stereocenters. The summed E-state index contributed by atoms with van der Waals surface area (Å²) in [7, 11) is 0. The third-order valence-corrected chi connectivity index (χ3v) is 4.67. The molecule has 0 radical (unpaired) electrons. The minimum absolute atomic E-state index is 0.0409. The van der Waals surface area contributed by atoms with Crippen LogP contribution in [0.3, 0.4) is 0 Å². The molecule has 2 amide bonds. The van der Waals surface area contributed by atoms with Gasteiger partial charge >= 0.3 is 0 Å². The highest BCUT2D eigenvalue weighted by Crippen LogP contribution is 2.13. The SMILES string of the molecule is CCCCNC(=O)[C@H](C)N(Cc1ccccc1)C(=O)Cc1ccc(C)cc1. The molecule has 4 nitrogen and oxygen atoms in total. The van der Waals surface area contributed by atoms with Crippen LogP contribution in [0.25, 0.3) is 0 Å². The second kappa shape index (κ2) is 10.5. The molecule has 1 atom stereocenters. The van der Waals surface area contributed by atoms with Gasteiger partial charge in [0.05, 0.1) is 6.42 Å². The second-order valence-corrected chi connectivity index (χ2v) is 6.99. The zero-order valence-electron chi connectivity index (χ0n) is 16.6. The van der Waals surface area contributed by atoms with Gasteiger partial charge in [-0.15, -0.1) is 0 Å². The van der Waals surface area contributed by atoms with Crippen molar-refractivity contribution in [1.82, 2.24) is 10.2 Å². The number of carbonyl (C=O) groups excluding carboxylic acids is 2. The van der Waals surface area contributed by atoms with Crippen LogP contribution in [0.5, 0.6) is 0 Å². The summed E-state index contributed by atoms with van der Waals surface area (Å²) in [6, 6.07) is 17.2. The highest BCUT2D eigenvalue weighted by Gasteiger charge is 2.25. The zero-order valence-corrected chi connectivity index (χ0v) is 16.6. The lowest BCUT2D eigenvalue weighted by molar-refractivity contribution is -0.140. The fourth-order valence-corrected chi connectivity index (χ4v) is 2.88. The van der Waals surface area contributed by atoms with Gasteiger partial charge in [-0.25, -0.2) is 0 Å². The quantitative estimate of drug-likeness (QED) is 0.685. The van der Waals surface area contributed by atoms with Gasteiger partial charge in [-0.1, -0.05) is 73.5 Å². The number of hydrogen-bond acceptors (Lipinski definition) is 2. The largest absolute Gasteiger partial charge is 0.354 e. The maximum Gasteiger partial charge on any atom is 0.242 e. The molecule has 0 bridgehead atoms. The highest BCUT2D eigenvalue weighted by atomic mass is 16.2. The topological polar surface area (TPSA) is 49.4 Å². The number of aryl methyl sites for hydroxylation is 1. The maximum atomic E-state index is 13.0. The zero-order chi connectivity index (χ0) is 19.6. The van der Waals surface area contributed by atoms with Crippen molar-refractivity contribution in [3.8, 4) is 0 Å². The molecule has 4 heteroatoms. The Morgan fingerprint density at radius 3 is 2.30 bits per heavy atom. The molecule has 2 aromatic carbocycles. The van der Waals surface area contributed by atoms with Crippen molar-refractivity contribution in [3.63, 3.8) is 0 Å². The summed E-state index contributed by atoms with van der Waals surface area (Å²) in [6.07, 6.45) is 2.25. The van der Waals surface area contributed by atoms with E-state index >= 15 is 0 Å². The molecule has 0 fully saturated rings. The number of rotatable bonds is 9. The lowest BCUT2D eigenvalue weighted by atomic mass is 10.1. The van der Waals surface area contributed by atoms with E-state index in [2.05, 4.69) is 12.2 Å². The minimum Gasteiger partial charge on any atom is -0.354 e. The summed E-state index contributed by atoms with van der Waals surface area (Å²) < 4.78 is 0. The molecule has 0 heterocycles. The van der Waals surface area contributed by atoms with E-state index in [0.29, 0.717) is 19.5 Å². The third kappa shape index (κ3) is 6.55. The number of amides is 2. The second-order valence-electron chi connectivity index (χ2n) is 6.99. The van der Waals surface area contributed by atoms with Crippen LogP contribution < -0.4 is 5.32 Å². The smallest absolute Gasteiger partial charge is 0.242 e. The first-order valence-electron chi connectivity index (χ1n) is 9.68. The molecule has 1 N–H and O–H groups in total. The van der Waals surface area contributed by atoms with Gasteiger partial charge in [0.25, 0.3) is 0 Å². The van der Waals surface area contributed by atoms with E-state index in [4.69, 9.17) is 0 Å². The molecule has 2 aromatic rings. The molecular weight excluding hydrogens is 336 g/mol. The van der Waals surface area contributed by atoms with Gasteiger partial charge in [-0.2, -0.15) is 0 Å². The summed E-state index contributed by atoms with van der Waals surface area (Å²) >= 11 is 0. The van der Waals surface area contributed by atoms with Crippen LogP contribution in [0.4, 0.5) is 0 Å². The Labute approximate surface area is 162 Å². The minimum atomic E-state index is -0.514. The average Bonchev–Trinajstić information content (AvgIpc) is 2.68. The average molecular weight is 367 g/mol. The number of carbonyl (C=O) groups is 2. The van der Waals surface area contributed by atoms with Crippen molar-refractivity contribution in [2.24, 2.45) is 0 Å². The predicted octanol–water partition coefficient (Wildman–Crippen LogP) is 3.87. The molecule has 0 aliphatic heterocycles. The van der Waals surface area contributed by atoms with E-state index in [1.807, 2.05) is 61.5 Å². The summed E-state index contributed by atoms with van der Waals surface area (Å²) in [6.45, 7) is 6.98. The monoisotopic (exact) mass is 366 g/mol. The molecule has 2 rings (SSSR count). The first-order valence-corrected chi connectivity index (χ1v) is 9.68. The van der Waals surface area contributed by atoms with Crippen LogP contribution in [0.1, 0.15) is 43.4 Å². The summed E-state index contributed by atoms with van der Waals surface area (Å²) in [5.74, 6) is -0.141. The molecule has 0 aromatic heterocycles. The van der Waals surface area contributed by atoms with E-state index in [-0.39, 0.29) is 11.8 Å². The van der Waals surface area contributed by atoms with Crippen LogP contribution in [0, 0.1) is 6.92 Å². The van der Waals surface area contributed by atoms with Gasteiger partial charge in [0.15, 0.2) is 0 Å². The fraction of sp³-hybridized carbons (Fsp3) is 0.391. The number of benzene rings is 2. The van der Waals surface area contributed by atoms with Crippen molar-refractivity contribution in [2.75, 3.05) is 6.54 Å². The maximum absolute atomic E-state index is 13.0. The Kier molecular flexibility index (Phi) is 8.05. The van der Waals surface area contributed by atoms with Gasteiger partial charge < -0.3 is 10.2 Å². The number of nitrogens with one attached hydrogen (secondary N) is 1. The number of unbranched alkanes of at least 4 members (excludes halogenated alkanes) is 1. The van der Waals surface area contributed by atoms with Crippen molar-refractivity contribution >= 4 is 11.8 Å². The van der Waals surface area contributed by atoms with E-state index in [0.717, 1.165) is 29.5 Å². The van der Waals surface area contributed by atoms with E-state index in [1.54, 1.807) is 11.8 Å².